The summed E-state index contributed by atoms with van der Waals surface area (Å²) < 4.78 is 9.96. The minimum atomic E-state index is -0.401. The van der Waals surface area contributed by atoms with Gasteiger partial charge in [-0.3, -0.25) is 4.79 Å². The number of rotatable bonds is 6. The standard InChI is InChI=1S/C16H23NO4/c1-16(2,3)9-10-17-14(18)11-21-13-7-5-12(6-8-13)15(19)20-4/h5-8H,9-11H2,1-4H3,(H,17,18). The molecule has 0 aliphatic rings. The van der Waals surface area contributed by atoms with Crippen LogP contribution in [-0.2, 0) is 9.53 Å². The third-order valence-corrected chi connectivity index (χ3v) is 2.84. The van der Waals surface area contributed by atoms with Crippen LogP contribution >= 0.6 is 0 Å². The summed E-state index contributed by atoms with van der Waals surface area (Å²) in [5.41, 5.74) is 0.636. The first-order chi connectivity index (χ1) is 9.81. The number of carbonyl (C=O) groups excluding carboxylic acids is 2. The van der Waals surface area contributed by atoms with Gasteiger partial charge in [-0.05, 0) is 36.1 Å². The van der Waals surface area contributed by atoms with Gasteiger partial charge in [0.05, 0.1) is 12.7 Å². The van der Waals surface area contributed by atoms with Crippen molar-refractivity contribution in [3.63, 3.8) is 0 Å². The first-order valence-corrected chi connectivity index (χ1v) is 6.90. The fraction of sp³-hybridized carbons (Fsp3) is 0.500. The zero-order valence-corrected chi connectivity index (χ0v) is 13.1. The highest BCUT2D eigenvalue weighted by molar-refractivity contribution is 5.89. The lowest BCUT2D eigenvalue weighted by Crippen LogP contribution is -2.31. The molecule has 5 heteroatoms. The van der Waals surface area contributed by atoms with E-state index in [1.807, 2.05) is 0 Å². The number of methoxy groups -OCH3 is 1. The van der Waals surface area contributed by atoms with Gasteiger partial charge >= 0.3 is 5.97 Å². The summed E-state index contributed by atoms with van der Waals surface area (Å²) in [6, 6.07) is 6.46. The topological polar surface area (TPSA) is 64.6 Å². The molecule has 0 heterocycles. The van der Waals surface area contributed by atoms with Gasteiger partial charge in [0.15, 0.2) is 6.61 Å². The Morgan fingerprint density at radius 1 is 1.14 bits per heavy atom. The van der Waals surface area contributed by atoms with Crippen molar-refractivity contribution in [3.05, 3.63) is 29.8 Å². The number of esters is 1. The summed E-state index contributed by atoms with van der Waals surface area (Å²) in [5, 5.41) is 2.81. The molecule has 5 nitrogen and oxygen atoms in total. The van der Waals surface area contributed by atoms with Crippen LogP contribution in [0.4, 0.5) is 0 Å². The number of amides is 1. The Bertz CT molecular complexity index is 474. The van der Waals surface area contributed by atoms with Crippen molar-refractivity contribution in [1.29, 1.82) is 0 Å². The quantitative estimate of drug-likeness (QED) is 0.818. The number of nitrogens with one attached hydrogen (secondary N) is 1. The van der Waals surface area contributed by atoms with E-state index in [-0.39, 0.29) is 17.9 Å². The SMILES string of the molecule is COC(=O)c1ccc(OCC(=O)NCCC(C)(C)C)cc1. The van der Waals surface area contributed by atoms with E-state index in [0.29, 0.717) is 17.9 Å². The molecule has 0 spiro atoms. The molecule has 21 heavy (non-hydrogen) atoms. The van der Waals surface area contributed by atoms with Crippen LogP contribution in [-0.4, -0.2) is 32.1 Å². The maximum Gasteiger partial charge on any atom is 0.337 e. The largest absolute Gasteiger partial charge is 0.484 e. The normalized spacial score (nSPS) is 10.9. The molecule has 0 radical (unpaired) electrons. The number of carbonyl (C=O) groups is 2. The van der Waals surface area contributed by atoms with Crippen LogP contribution in [0.15, 0.2) is 24.3 Å². The second kappa shape index (κ2) is 7.67. The second-order valence-electron chi connectivity index (χ2n) is 5.97. The van der Waals surface area contributed by atoms with Gasteiger partial charge in [-0.15, -0.1) is 0 Å². The Morgan fingerprint density at radius 3 is 2.29 bits per heavy atom. The Balaban J connectivity index is 2.34. The molecule has 1 aromatic carbocycles. The second-order valence-corrected chi connectivity index (χ2v) is 5.97. The predicted octanol–water partition coefficient (Wildman–Crippen LogP) is 2.40. The van der Waals surface area contributed by atoms with Gasteiger partial charge in [0.1, 0.15) is 5.75 Å². The van der Waals surface area contributed by atoms with E-state index in [0.717, 1.165) is 6.42 Å². The van der Waals surface area contributed by atoms with Gasteiger partial charge in [-0.1, -0.05) is 20.8 Å². The average molecular weight is 293 g/mol. The Hall–Kier alpha value is -2.04. The first kappa shape index (κ1) is 17.0. The summed E-state index contributed by atoms with van der Waals surface area (Å²) in [4.78, 5) is 22.9. The lowest BCUT2D eigenvalue weighted by atomic mass is 9.92. The van der Waals surface area contributed by atoms with Gasteiger partial charge in [0.25, 0.3) is 5.91 Å². The summed E-state index contributed by atoms with van der Waals surface area (Å²) in [6.07, 6.45) is 0.909. The van der Waals surface area contributed by atoms with Crippen molar-refractivity contribution >= 4 is 11.9 Å². The summed E-state index contributed by atoms with van der Waals surface area (Å²) in [7, 11) is 1.33. The van der Waals surface area contributed by atoms with Crippen molar-refractivity contribution in [3.8, 4) is 5.75 Å². The summed E-state index contributed by atoms with van der Waals surface area (Å²) in [5.74, 6) is -0.0219. The van der Waals surface area contributed by atoms with Gasteiger partial charge in [-0.25, -0.2) is 4.79 Å². The van der Waals surface area contributed by atoms with E-state index in [1.165, 1.54) is 7.11 Å². The van der Waals surface area contributed by atoms with Gasteiger partial charge in [-0.2, -0.15) is 0 Å². The van der Waals surface area contributed by atoms with Crippen LogP contribution in [0.5, 0.6) is 5.75 Å². The Labute approximate surface area is 125 Å². The highest BCUT2D eigenvalue weighted by atomic mass is 16.5. The zero-order chi connectivity index (χ0) is 15.9. The first-order valence-electron chi connectivity index (χ1n) is 6.90. The molecule has 0 aliphatic heterocycles. The smallest absolute Gasteiger partial charge is 0.337 e. The van der Waals surface area contributed by atoms with Crippen LogP contribution in [0, 0.1) is 5.41 Å². The maximum absolute atomic E-state index is 11.6. The summed E-state index contributed by atoms with van der Waals surface area (Å²) >= 11 is 0. The number of hydrogen-bond acceptors (Lipinski definition) is 4. The van der Waals surface area contributed by atoms with E-state index in [9.17, 15) is 9.59 Å². The molecular weight excluding hydrogens is 270 g/mol. The van der Waals surface area contributed by atoms with E-state index >= 15 is 0 Å². The van der Waals surface area contributed by atoms with Crippen molar-refractivity contribution in [2.24, 2.45) is 5.41 Å². The van der Waals surface area contributed by atoms with Crippen LogP contribution in [0.3, 0.4) is 0 Å². The van der Waals surface area contributed by atoms with E-state index in [2.05, 4.69) is 30.8 Å². The van der Waals surface area contributed by atoms with Crippen molar-refractivity contribution < 1.29 is 19.1 Å². The molecule has 116 valence electrons. The summed E-state index contributed by atoms with van der Waals surface area (Å²) in [6.45, 7) is 6.96. The molecule has 1 aromatic rings. The van der Waals surface area contributed by atoms with E-state index < -0.39 is 5.97 Å². The van der Waals surface area contributed by atoms with E-state index in [1.54, 1.807) is 24.3 Å². The highest BCUT2D eigenvalue weighted by Gasteiger charge is 2.11. The lowest BCUT2D eigenvalue weighted by molar-refractivity contribution is -0.123. The molecule has 1 N–H and O–H groups in total. The Kier molecular flexibility index (Phi) is 6.21. The van der Waals surface area contributed by atoms with Crippen molar-refractivity contribution in [2.75, 3.05) is 20.3 Å². The van der Waals surface area contributed by atoms with Crippen LogP contribution in [0.1, 0.15) is 37.6 Å². The fourth-order valence-corrected chi connectivity index (χ4v) is 1.58. The number of benzene rings is 1. The fourth-order valence-electron chi connectivity index (χ4n) is 1.58. The predicted molar refractivity (Wildman–Crippen MR) is 80.4 cm³/mol. The Morgan fingerprint density at radius 2 is 1.76 bits per heavy atom. The molecule has 0 atom stereocenters. The highest BCUT2D eigenvalue weighted by Crippen LogP contribution is 2.17. The van der Waals surface area contributed by atoms with Gasteiger partial charge < -0.3 is 14.8 Å². The molecule has 0 aromatic heterocycles. The monoisotopic (exact) mass is 293 g/mol. The average Bonchev–Trinajstić information content (AvgIpc) is 2.43. The molecular formula is C16H23NO4. The minimum absolute atomic E-state index is 0.0400. The molecule has 0 saturated heterocycles. The van der Waals surface area contributed by atoms with Crippen LogP contribution in [0.25, 0.3) is 0 Å². The third-order valence-electron chi connectivity index (χ3n) is 2.84. The van der Waals surface area contributed by atoms with Crippen LogP contribution < -0.4 is 10.1 Å². The molecule has 0 bridgehead atoms. The zero-order valence-electron chi connectivity index (χ0n) is 13.1. The maximum atomic E-state index is 11.6. The number of hydrogen-bond donors (Lipinski definition) is 1. The molecule has 1 rings (SSSR count). The van der Waals surface area contributed by atoms with Gasteiger partial charge in [0.2, 0.25) is 0 Å². The minimum Gasteiger partial charge on any atom is -0.484 e. The number of ether oxygens (including phenoxy) is 2. The molecule has 0 saturated carbocycles. The molecule has 0 unspecified atom stereocenters. The van der Waals surface area contributed by atoms with E-state index in [4.69, 9.17) is 4.74 Å². The van der Waals surface area contributed by atoms with Gasteiger partial charge in [0, 0.05) is 6.54 Å². The molecule has 0 aliphatic carbocycles. The van der Waals surface area contributed by atoms with Crippen molar-refractivity contribution in [2.45, 2.75) is 27.2 Å². The molecule has 1 amide bonds. The van der Waals surface area contributed by atoms with Crippen molar-refractivity contribution in [1.82, 2.24) is 5.32 Å². The van der Waals surface area contributed by atoms with Crippen LogP contribution in [0.2, 0.25) is 0 Å². The lowest BCUT2D eigenvalue weighted by Gasteiger charge is -2.18. The third kappa shape index (κ3) is 6.79. The molecule has 0 fully saturated rings.